The topological polar surface area (TPSA) is 44.8 Å². The van der Waals surface area contributed by atoms with Gasteiger partial charge in [0.15, 0.2) is 0 Å². The molecule has 4 atom stereocenters. The molecular weight excluding hydrogens is 585 g/mol. The van der Waals surface area contributed by atoms with Gasteiger partial charge in [0.1, 0.15) is 0 Å². The zero-order valence-electron chi connectivity index (χ0n) is 29.2. The Bertz CT molecular complexity index is 1150. The summed E-state index contributed by atoms with van der Waals surface area (Å²) in [4.78, 5) is 11.2. The van der Waals surface area contributed by atoms with E-state index in [1.54, 1.807) is 0 Å². The maximum Gasteiger partial charge on any atom is 0.407 e. The van der Waals surface area contributed by atoms with E-state index in [2.05, 4.69) is 125 Å². The van der Waals surface area contributed by atoms with E-state index >= 15 is 0 Å². The highest BCUT2D eigenvalue weighted by Crippen LogP contribution is 2.37. The van der Waals surface area contributed by atoms with Crippen molar-refractivity contribution >= 4 is 24.9 Å². The standard InChI is InChI=1S/C41H60O4Si/c1-34(2)39-32-31-35(3)33-40(39)45-46(37-26-20-17-21-27-37,38-28-22-18-23-29-38)44-36(4)25-19-15-13-11-9-7-6-8-10-12-14-16-24-30-41(42)43-5/h6-7,11,13,17-23,25-29,34-36,39-40H,8-10,12,14-16,24,30-33H2,1-5H3/b7-6-,13-11-,25-19-/t35-,36-,39+,40-/m1/s1. The minimum atomic E-state index is -3.03. The maximum absolute atomic E-state index is 11.2. The first kappa shape index (κ1) is 37.7. The van der Waals surface area contributed by atoms with Crippen molar-refractivity contribution in [2.45, 2.75) is 117 Å². The lowest BCUT2D eigenvalue weighted by Crippen LogP contribution is -2.66. The largest absolute Gasteiger partial charge is 0.469 e. The fraction of sp³-hybridized carbons (Fsp3) is 0.537. The number of methoxy groups -OCH3 is 1. The van der Waals surface area contributed by atoms with Crippen molar-refractivity contribution in [2.24, 2.45) is 17.8 Å². The third kappa shape index (κ3) is 12.8. The van der Waals surface area contributed by atoms with Crippen molar-refractivity contribution in [3.63, 3.8) is 0 Å². The van der Waals surface area contributed by atoms with Gasteiger partial charge in [0, 0.05) is 6.42 Å². The van der Waals surface area contributed by atoms with Gasteiger partial charge in [-0.3, -0.25) is 4.79 Å². The zero-order chi connectivity index (χ0) is 33.0. The normalized spacial score (nSPS) is 19.8. The van der Waals surface area contributed by atoms with Crippen LogP contribution < -0.4 is 10.4 Å². The molecule has 0 radical (unpaired) electrons. The van der Waals surface area contributed by atoms with E-state index in [-0.39, 0.29) is 18.2 Å². The SMILES string of the molecule is COC(=O)CCCCCCC/C=C\C/C=C\C/C=C\[C@@H](C)O[Si](O[C@@H]1C[C@H](C)CC[C@H]1C(C)C)(c1ccccc1)c1ccccc1. The van der Waals surface area contributed by atoms with Crippen LogP contribution in [0.1, 0.15) is 105 Å². The molecule has 0 aliphatic heterocycles. The van der Waals surface area contributed by atoms with Crippen LogP contribution in [0.3, 0.4) is 0 Å². The quantitative estimate of drug-likeness (QED) is 0.0623. The van der Waals surface area contributed by atoms with E-state index in [9.17, 15) is 4.79 Å². The van der Waals surface area contributed by atoms with Gasteiger partial charge in [-0.2, -0.15) is 0 Å². The maximum atomic E-state index is 11.2. The molecule has 4 nitrogen and oxygen atoms in total. The van der Waals surface area contributed by atoms with E-state index in [1.807, 2.05) is 0 Å². The number of carbonyl (C=O) groups excluding carboxylic acids is 1. The van der Waals surface area contributed by atoms with Gasteiger partial charge in [0.2, 0.25) is 0 Å². The molecule has 5 heteroatoms. The summed E-state index contributed by atoms with van der Waals surface area (Å²) in [6, 6.07) is 21.4. The molecular formula is C41H60O4Si. The summed E-state index contributed by atoms with van der Waals surface area (Å²) >= 11 is 0. The monoisotopic (exact) mass is 644 g/mol. The predicted molar refractivity (Wildman–Crippen MR) is 196 cm³/mol. The number of allylic oxidation sites excluding steroid dienone is 5. The number of benzene rings is 2. The summed E-state index contributed by atoms with van der Waals surface area (Å²) in [5.74, 6) is 1.67. The highest BCUT2D eigenvalue weighted by atomic mass is 28.4. The van der Waals surface area contributed by atoms with Gasteiger partial charge in [-0.15, -0.1) is 0 Å². The number of carbonyl (C=O) groups is 1. The zero-order valence-corrected chi connectivity index (χ0v) is 30.2. The first-order valence-electron chi connectivity index (χ1n) is 17.9. The smallest absolute Gasteiger partial charge is 0.407 e. The third-order valence-electron chi connectivity index (χ3n) is 9.20. The van der Waals surface area contributed by atoms with E-state index in [4.69, 9.17) is 13.6 Å². The van der Waals surface area contributed by atoms with Gasteiger partial charge < -0.3 is 13.6 Å². The Morgan fingerprint density at radius 2 is 1.39 bits per heavy atom. The highest BCUT2D eigenvalue weighted by molar-refractivity contribution is 6.92. The number of hydrogen-bond donors (Lipinski definition) is 0. The van der Waals surface area contributed by atoms with Crippen molar-refractivity contribution in [3.8, 4) is 0 Å². The summed E-state index contributed by atoms with van der Waals surface area (Å²) in [5.41, 5.74) is 0. The molecule has 0 amide bonds. The second-order valence-corrected chi connectivity index (χ2v) is 16.2. The molecule has 0 saturated heterocycles. The Morgan fingerprint density at radius 1 is 0.804 bits per heavy atom. The molecule has 1 aliphatic carbocycles. The lowest BCUT2D eigenvalue weighted by molar-refractivity contribution is -0.140. The molecule has 0 N–H and O–H groups in total. The summed E-state index contributed by atoms with van der Waals surface area (Å²) in [7, 11) is -1.57. The summed E-state index contributed by atoms with van der Waals surface area (Å²) in [5, 5.41) is 2.35. The van der Waals surface area contributed by atoms with Gasteiger partial charge in [-0.05, 0) is 80.0 Å². The van der Waals surface area contributed by atoms with Gasteiger partial charge >= 0.3 is 14.5 Å². The van der Waals surface area contributed by atoms with Gasteiger partial charge in [0.05, 0.1) is 19.3 Å². The Kier molecular flexibility index (Phi) is 17.4. The van der Waals surface area contributed by atoms with E-state index in [1.165, 1.54) is 49.6 Å². The van der Waals surface area contributed by atoms with E-state index in [0.717, 1.165) is 38.5 Å². The van der Waals surface area contributed by atoms with Crippen molar-refractivity contribution in [1.82, 2.24) is 0 Å². The lowest BCUT2D eigenvalue weighted by atomic mass is 9.75. The van der Waals surface area contributed by atoms with E-state index < -0.39 is 8.56 Å². The molecule has 0 unspecified atom stereocenters. The first-order valence-corrected chi connectivity index (χ1v) is 19.7. The van der Waals surface area contributed by atoms with Gasteiger partial charge in [0.25, 0.3) is 0 Å². The average Bonchev–Trinajstić information content (AvgIpc) is 3.06. The van der Waals surface area contributed by atoms with Crippen LogP contribution in [0.25, 0.3) is 0 Å². The fourth-order valence-corrected chi connectivity index (χ4v) is 10.0. The first-order chi connectivity index (χ1) is 22.4. The third-order valence-corrected chi connectivity index (χ3v) is 12.7. The molecule has 252 valence electrons. The number of ether oxygens (including phenoxy) is 1. The van der Waals surface area contributed by atoms with Crippen molar-refractivity contribution in [1.29, 1.82) is 0 Å². The van der Waals surface area contributed by atoms with Crippen LogP contribution in [0.5, 0.6) is 0 Å². The molecule has 46 heavy (non-hydrogen) atoms. The molecule has 0 aromatic heterocycles. The molecule has 3 rings (SSSR count). The summed E-state index contributed by atoms with van der Waals surface area (Å²) in [6.45, 7) is 9.22. The number of rotatable bonds is 20. The summed E-state index contributed by atoms with van der Waals surface area (Å²) < 4.78 is 19.3. The Morgan fingerprint density at radius 3 is 2.02 bits per heavy atom. The van der Waals surface area contributed by atoms with Gasteiger partial charge in [-0.25, -0.2) is 0 Å². The fourth-order valence-electron chi connectivity index (χ4n) is 6.54. The molecule has 2 aromatic carbocycles. The second-order valence-electron chi connectivity index (χ2n) is 13.4. The lowest BCUT2D eigenvalue weighted by Gasteiger charge is -2.43. The second kappa shape index (κ2) is 21.2. The Labute approximate surface area is 281 Å². The Hall–Kier alpha value is -2.73. The molecule has 1 aliphatic rings. The summed E-state index contributed by atoms with van der Waals surface area (Å²) in [6.07, 6.45) is 26.3. The van der Waals surface area contributed by atoms with Crippen LogP contribution in [0.15, 0.2) is 97.1 Å². The molecule has 0 heterocycles. The van der Waals surface area contributed by atoms with Crippen LogP contribution in [0, 0.1) is 17.8 Å². The van der Waals surface area contributed by atoms with Crippen LogP contribution in [-0.4, -0.2) is 33.8 Å². The highest BCUT2D eigenvalue weighted by Gasteiger charge is 2.48. The minimum Gasteiger partial charge on any atom is -0.469 e. The van der Waals surface area contributed by atoms with Gasteiger partial charge in [-0.1, -0.05) is 144 Å². The van der Waals surface area contributed by atoms with E-state index in [0.29, 0.717) is 24.2 Å². The van der Waals surface area contributed by atoms with Crippen molar-refractivity contribution < 1.29 is 18.4 Å². The Balaban J connectivity index is 1.57. The molecule has 0 spiro atoms. The van der Waals surface area contributed by atoms with Crippen LogP contribution in [0.2, 0.25) is 0 Å². The molecule has 2 aromatic rings. The predicted octanol–water partition coefficient (Wildman–Crippen LogP) is 9.48. The number of unbranched alkanes of at least 4 members (excludes halogenated alkanes) is 5. The molecule has 1 saturated carbocycles. The molecule has 1 fully saturated rings. The van der Waals surface area contributed by atoms with Crippen molar-refractivity contribution in [3.05, 3.63) is 97.1 Å². The van der Waals surface area contributed by atoms with Crippen molar-refractivity contribution in [2.75, 3.05) is 7.11 Å². The van der Waals surface area contributed by atoms with Crippen LogP contribution in [0.4, 0.5) is 0 Å². The average molecular weight is 645 g/mol. The minimum absolute atomic E-state index is 0.0839. The molecule has 0 bridgehead atoms. The van der Waals surface area contributed by atoms with Crippen LogP contribution >= 0.6 is 0 Å². The number of esters is 1. The number of hydrogen-bond acceptors (Lipinski definition) is 4. The van der Waals surface area contributed by atoms with Crippen LogP contribution in [-0.2, 0) is 18.4 Å².